The van der Waals surface area contributed by atoms with Crippen LogP contribution >= 0.6 is 0 Å². The van der Waals surface area contributed by atoms with Crippen molar-refractivity contribution in [3.8, 4) is 5.75 Å². The van der Waals surface area contributed by atoms with Gasteiger partial charge in [0, 0.05) is 35.5 Å². The highest BCUT2D eigenvalue weighted by Crippen LogP contribution is 2.34. The smallest absolute Gasteiger partial charge is 0.229 e. The molecule has 3 aromatic carbocycles. The first-order valence-electron chi connectivity index (χ1n) is 9.79. The van der Waals surface area contributed by atoms with E-state index in [0.29, 0.717) is 29.3 Å². The summed E-state index contributed by atoms with van der Waals surface area (Å²) >= 11 is 0. The molecule has 30 heavy (non-hydrogen) atoms. The van der Waals surface area contributed by atoms with Gasteiger partial charge in [0.25, 0.3) is 0 Å². The van der Waals surface area contributed by atoms with Crippen LogP contribution in [0.5, 0.6) is 5.75 Å². The number of methoxy groups -OCH3 is 1. The van der Waals surface area contributed by atoms with E-state index in [1.165, 1.54) is 0 Å². The lowest BCUT2D eigenvalue weighted by Gasteiger charge is -2.19. The third-order valence-electron chi connectivity index (χ3n) is 5.52. The summed E-state index contributed by atoms with van der Waals surface area (Å²) in [5.41, 5.74) is 2.86. The molecule has 0 aliphatic carbocycles. The van der Waals surface area contributed by atoms with E-state index in [1.807, 2.05) is 60.7 Å². The molecule has 0 saturated carbocycles. The first kappa shape index (κ1) is 18.2. The molecular weight excluding hydrogens is 380 g/mol. The maximum absolute atomic E-state index is 12.8. The zero-order valence-electron chi connectivity index (χ0n) is 16.4. The molecule has 0 spiro atoms. The van der Waals surface area contributed by atoms with Gasteiger partial charge in [-0.25, -0.2) is 0 Å². The van der Waals surface area contributed by atoms with Gasteiger partial charge in [-0.3, -0.25) is 9.59 Å². The number of para-hydroxylation sites is 3. The van der Waals surface area contributed by atoms with Gasteiger partial charge in [0.05, 0.1) is 18.7 Å². The SMILES string of the molecule is COc1ccccc1N1C[C@H](C(=O)Nc2ccc3c(c2)oc2ccccc23)CC1=O. The third kappa shape index (κ3) is 3.06. The van der Waals surface area contributed by atoms with E-state index in [-0.39, 0.29) is 18.2 Å². The highest BCUT2D eigenvalue weighted by Gasteiger charge is 2.36. The predicted octanol–water partition coefficient (Wildman–Crippen LogP) is 4.59. The number of benzene rings is 3. The summed E-state index contributed by atoms with van der Waals surface area (Å²) in [4.78, 5) is 27.0. The number of anilines is 2. The van der Waals surface area contributed by atoms with Crippen LogP contribution in [-0.4, -0.2) is 25.5 Å². The van der Waals surface area contributed by atoms with E-state index in [0.717, 1.165) is 16.4 Å². The molecule has 1 aliphatic rings. The number of ether oxygens (including phenoxy) is 1. The second-order valence-corrected chi connectivity index (χ2v) is 7.38. The van der Waals surface area contributed by atoms with Gasteiger partial charge in [-0.1, -0.05) is 30.3 Å². The lowest BCUT2D eigenvalue weighted by molar-refractivity contribution is -0.122. The largest absolute Gasteiger partial charge is 0.495 e. The van der Waals surface area contributed by atoms with Crippen molar-refractivity contribution in [2.45, 2.75) is 6.42 Å². The summed E-state index contributed by atoms with van der Waals surface area (Å²) in [6.07, 6.45) is 0.163. The number of fused-ring (bicyclic) bond motifs is 3. The molecule has 6 heteroatoms. The summed E-state index contributed by atoms with van der Waals surface area (Å²) in [6, 6.07) is 20.8. The first-order chi connectivity index (χ1) is 14.6. The normalized spacial score (nSPS) is 16.4. The zero-order chi connectivity index (χ0) is 20.7. The van der Waals surface area contributed by atoms with Gasteiger partial charge in [0.1, 0.15) is 16.9 Å². The fraction of sp³-hybridized carbons (Fsp3) is 0.167. The molecule has 0 unspecified atom stereocenters. The lowest BCUT2D eigenvalue weighted by atomic mass is 10.1. The molecule has 1 aliphatic heterocycles. The Bertz CT molecular complexity index is 1280. The number of furan rings is 1. The molecule has 2 amide bonds. The van der Waals surface area contributed by atoms with E-state index in [2.05, 4.69) is 5.32 Å². The molecule has 1 atom stereocenters. The van der Waals surface area contributed by atoms with Crippen LogP contribution in [0.1, 0.15) is 6.42 Å². The van der Waals surface area contributed by atoms with E-state index in [1.54, 1.807) is 18.1 Å². The van der Waals surface area contributed by atoms with Crippen molar-refractivity contribution in [3.05, 3.63) is 66.7 Å². The summed E-state index contributed by atoms with van der Waals surface area (Å²) < 4.78 is 11.2. The summed E-state index contributed by atoms with van der Waals surface area (Å²) in [5, 5.41) is 4.98. The van der Waals surface area contributed by atoms with Crippen LogP contribution in [0, 0.1) is 5.92 Å². The quantitative estimate of drug-likeness (QED) is 0.544. The van der Waals surface area contributed by atoms with Gasteiger partial charge in [-0.05, 0) is 30.3 Å². The first-order valence-corrected chi connectivity index (χ1v) is 9.79. The summed E-state index contributed by atoms with van der Waals surface area (Å²) in [7, 11) is 1.57. The van der Waals surface area contributed by atoms with Gasteiger partial charge in [0.15, 0.2) is 0 Å². The van der Waals surface area contributed by atoms with Crippen molar-refractivity contribution in [2.24, 2.45) is 5.92 Å². The Balaban J connectivity index is 1.35. The average molecular weight is 400 g/mol. The Labute approximate surface area is 173 Å². The maximum Gasteiger partial charge on any atom is 0.229 e. The van der Waals surface area contributed by atoms with Crippen LogP contribution in [-0.2, 0) is 9.59 Å². The lowest BCUT2D eigenvalue weighted by Crippen LogP contribution is -2.28. The number of amides is 2. The summed E-state index contributed by atoms with van der Waals surface area (Å²) in [6.45, 7) is 0.317. The molecule has 0 radical (unpaired) electrons. The average Bonchev–Trinajstić information content (AvgIpc) is 3.33. The van der Waals surface area contributed by atoms with Crippen molar-refractivity contribution in [2.75, 3.05) is 23.9 Å². The van der Waals surface area contributed by atoms with Crippen LogP contribution in [0.2, 0.25) is 0 Å². The van der Waals surface area contributed by atoms with Crippen LogP contribution in [0.15, 0.2) is 71.1 Å². The van der Waals surface area contributed by atoms with Gasteiger partial charge >= 0.3 is 0 Å². The minimum absolute atomic E-state index is 0.0904. The Morgan fingerprint density at radius 1 is 1.03 bits per heavy atom. The van der Waals surface area contributed by atoms with Gasteiger partial charge < -0.3 is 19.4 Å². The topological polar surface area (TPSA) is 71.8 Å². The minimum atomic E-state index is -0.436. The molecule has 1 saturated heterocycles. The monoisotopic (exact) mass is 400 g/mol. The van der Waals surface area contributed by atoms with E-state index in [4.69, 9.17) is 9.15 Å². The van der Waals surface area contributed by atoms with Crippen molar-refractivity contribution >= 4 is 45.1 Å². The molecular formula is C24H20N2O4. The van der Waals surface area contributed by atoms with Crippen LogP contribution in [0.3, 0.4) is 0 Å². The predicted molar refractivity (Wildman–Crippen MR) is 116 cm³/mol. The molecule has 150 valence electrons. The van der Waals surface area contributed by atoms with Crippen molar-refractivity contribution in [3.63, 3.8) is 0 Å². The Kier molecular flexibility index (Phi) is 4.39. The zero-order valence-corrected chi connectivity index (χ0v) is 16.4. The van der Waals surface area contributed by atoms with Crippen molar-refractivity contribution < 1.29 is 18.7 Å². The molecule has 6 nitrogen and oxygen atoms in total. The number of carbonyl (C=O) groups is 2. The number of nitrogens with zero attached hydrogens (tertiary/aromatic N) is 1. The summed E-state index contributed by atoms with van der Waals surface area (Å²) in [5.74, 6) is -0.0976. The molecule has 0 bridgehead atoms. The molecule has 2 heterocycles. The van der Waals surface area contributed by atoms with Crippen LogP contribution < -0.4 is 15.0 Å². The molecule has 4 aromatic rings. The maximum atomic E-state index is 12.8. The standard InChI is InChI=1S/C24H20N2O4/c1-29-21-9-5-3-7-19(21)26-14-15(12-23(26)27)24(28)25-16-10-11-18-17-6-2-4-8-20(17)30-22(18)13-16/h2-11,13,15H,12,14H2,1H3,(H,25,28)/t15-/m1/s1. The van der Waals surface area contributed by atoms with Gasteiger partial charge in [0.2, 0.25) is 11.8 Å². The second kappa shape index (κ2) is 7.22. The van der Waals surface area contributed by atoms with Crippen LogP contribution in [0.25, 0.3) is 21.9 Å². The Hall–Kier alpha value is -3.80. The fourth-order valence-corrected chi connectivity index (χ4v) is 4.02. The van der Waals surface area contributed by atoms with E-state index >= 15 is 0 Å². The number of hydrogen-bond donors (Lipinski definition) is 1. The highest BCUT2D eigenvalue weighted by molar-refractivity contribution is 6.07. The molecule has 1 fully saturated rings. The minimum Gasteiger partial charge on any atom is -0.495 e. The van der Waals surface area contributed by atoms with Crippen LogP contribution in [0.4, 0.5) is 11.4 Å². The number of hydrogen-bond acceptors (Lipinski definition) is 4. The third-order valence-corrected chi connectivity index (χ3v) is 5.52. The number of nitrogens with one attached hydrogen (secondary N) is 1. The Morgan fingerprint density at radius 3 is 2.67 bits per heavy atom. The second-order valence-electron chi connectivity index (χ2n) is 7.38. The Morgan fingerprint density at radius 2 is 1.80 bits per heavy atom. The molecule has 1 N–H and O–H groups in total. The van der Waals surface area contributed by atoms with Gasteiger partial charge in [-0.2, -0.15) is 0 Å². The number of rotatable bonds is 4. The number of carbonyl (C=O) groups excluding carboxylic acids is 2. The fourth-order valence-electron chi connectivity index (χ4n) is 4.02. The molecule has 5 rings (SSSR count). The van der Waals surface area contributed by atoms with E-state index < -0.39 is 5.92 Å². The van der Waals surface area contributed by atoms with Crippen molar-refractivity contribution in [1.29, 1.82) is 0 Å². The van der Waals surface area contributed by atoms with Gasteiger partial charge in [-0.15, -0.1) is 0 Å². The highest BCUT2D eigenvalue weighted by atomic mass is 16.5. The molecule has 1 aromatic heterocycles. The van der Waals surface area contributed by atoms with E-state index in [9.17, 15) is 9.59 Å². The van der Waals surface area contributed by atoms with Crippen molar-refractivity contribution in [1.82, 2.24) is 0 Å².